The van der Waals surface area contributed by atoms with Crippen molar-refractivity contribution < 1.29 is 14.3 Å². The van der Waals surface area contributed by atoms with Gasteiger partial charge in [0.05, 0.1) is 14.2 Å². The molecule has 0 bridgehead atoms. The summed E-state index contributed by atoms with van der Waals surface area (Å²) in [5, 5.41) is 5.89. The maximum atomic E-state index is 12.7. The van der Waals surface area contributed by atoms with Gasteiger partial charge in [-0.15, -0.1) is 0 Å². The molecule has 7 heteroatoms. The van der Waals surface area contributed by atoms with Crippen LogP contribution in [0.4, 0.5) is 4.79 Å². The number of para-hydroxylation sites is 2. The monoisotopic (exact) mass is 380 g/mol. The lowest BCUT2D eigenvalue weighted by Gasteiger charge is -2.21. The van der Waals surface area contributed by atoms with Crippen LogP contribution in [-0.2, 0) is 13.6 Å². The van der Waals surface area contributed by atoms with E-state index in [0.29, 0.717) is 18.1 Å². The molecule has 3 aromatic rings. The number of aryl methyl sites for hydroxylation is 1. The van der Waals surface area contributed by atoms with Crippen molar-refractivity contribution in [2.75, 3.05) is 14.2 Å². The van der Waals surface area contributed by atoms with Crippen molar-refractivity contribution in [3.8, 4) is 11.5 Å². The van der Waals surface area contributed by atoms with Gasteiger partial charge in [0.25, 0.3) is 0 Å². The number of imidazole rings is 1. The van der Waals surface area contributed by atoms with Crippen molar-refractivity contribution in [1.29, 1.82) is 0 Å². The molecule has 3 rings (SSSR count). The van der Waals surface area contributed by atoms with E-state index in [9.17, 15) is 4.79 Å². The molecule has 0 aliphatic carbocycles. The van der Waals surface area contributed by atoms with Gasteiger partial charge in [-0.2, -0.15) is 0 Å². The number of hydrogen-bond acceptors (Lipinski definition) is 4. The molecule has 0 aliphatic heterocycles. The molecule has 0 spiro atoms. The number of aromatic nitrogens is 2. The lowest BCUT2D eigenvalue weighted by molar-refractivity contribution is 0.237. The Balaban J connectivity index is 1.80. The first-order chi connectivity index (χ1) is 13.6. The third-order valence-corrected chi connectivity index (χ3v) is 4.47. The number of methoxy groups -OCH3 is 2. The van der Waals surface area contributed by atoms with Crippen molar-refractivity contribution >= 4 is 6.03 Å². The van der Waals surface area contributed by atoms with Crippen molar-refractivity contribution in [2.45, 2.75) is 12.6 Å². The average molecular weight is 380 g/mol. The number of nitrogens with zero attached hydrogens (tertiary/aromatic N) is 2. The number of carbonyl (C=O) groups excluding carboxylic acids is 1. The number of rotatable bonds is 7. The van der Waals surface area contributed by atoms with Gasteiger partial charge in [-0.3, -0.25) is 0 Å². The first-order valence-corrected chi connectivity index (χ1v) is 8.90. The third kappa shape index (κ3) is 4.25. The zero-order valence-corrected chi connectivity index (χ0v) is 16.2. The fourth-order valence-electron chi connectivity index (χ4n) is 3.05. The molecular formula is C21H24N4O3. The van der Waals surface area contributed by atoms with Gasteiger partial charge in [0, 0.05) is 37.1 Å². The molecule has 0 saturated heterocycles. The Morgan fingerprint density at radius 1 is 1.07 bits per heavy atom. The Morgan fingerprint density at radius 2 is 1.75 bits per heavy atom. The zero-order chi connectivity index (χ0) is 19.9. The Bertz CT molecular complexity index is 939. The van der Waals surface area contributed by atoms with Crippen LogP contribution < -0.4 is 20.1 Å². The van der Waals surface area contributed by atoms with E-state index in [4.69, 9.17) is 9.47 Å². The lowest BCUT2D eigenvalue weighted by atomic mass is 10.0. The third-order valence-electron chi connectivity index (χ3n) is 4.47. The molecule has 0 aliphatic rings. The Hall–Kier alpha value is -3.48. The van der Waals surface area contributed by atoms with Crippen LogP contribution in [0.2, 0.25) is 0 Å². The van der Waals surface area contributed by atoms with Crippen LogP contribution in [0.15, 0.2) is 60.9 Å². The summed E-state index contributed by atoms with van der Waals surface area (Å²) in [6, 6.07) is 14.4. The van der Waals surface area contributed by atoms with Gasteiger partial charge in [0.1, 0.15) is 23.4 Å². The van der Waals surface area contributed by atoms with Crippen molar-refractivity contribution in [1.82, 2.24) is 20.2 Å². The van der Waals surface area contributed by atoms with E-state index in [1.807, 2.05) is 66.3 Å². The topological polar surface area (TPSA) is 77.4 Å². The molecule has 1 atom stereocenters. The second-order valence-corrected chi connectivity index (χ2v) is 6.21. The molecule has 1 heterocycles. The summed E-state index contributed by atoms with van der Waals surface area (Å²) in [7, 11) is 5.10. The maximum absolute atomic E-state index is 12.7. The smallest absolute Gasteiger partial charge is 0.315 e. The van der Waals surface area contributed by atoms with Gasteiger partial charge in [0.15, 0.2) is 0 Å². The van der Waals surface area contributed by atoms with Crippen molar-refractivity contribution in [2.24, 2.45) is 7.05 Å². The molecule has 0 fully saturated rings. The van der Waals surface area contributed by atoms with E-state index in [0.717, 1.165) is 16.9 Å². The van der Waals surface area contributed by atoms with E-state index in [2.05, 4.69) is 15.6 Å². The van der Waals surface area contributed by atoms with E-state index in [-0.39, 0.29) is 6.03 Å². The summed E-state index contributed by atoms with van der Waals surface area (Å²) in [5.74, 6) is 2.12. The van der Waals surface area contributed by atoms with Crippen LogP contribution >= 0.6 is 0 Å². The Kier molecular flexibility index (Phi) is 6.16. The number of carbonyl (C=O) groups is 1. The average Bonchev–Trinajstić information content (AvgIpc) is 3.16. The summed E-state index contributed by atoms with van der Waals surface area (Å²) in [5.41, 5.74) is 1.72. The minimum absolute atomic E-state index is 0.315. The van der Waals surface area contributed by atoms with Gasteiger partial charge in [-0.25, -0.2) is 9.78 Å². The molecule has 2 aromatic carbocycles. The highest BCUT2D eigenvalue weighted by atomic mass is 16.5. The van der Waals surface area contributed by atoms with Gasteiger partial charge in [0.2, 0.25) is 0 Å². The summed E-state index contributed by atoms with van der Waals surface area (Å²) < 4.78 is 12.7. The number of urea groups is 1. The number of nitrogens with one attached hydrogen (secondary N) is 2. The van der Waals surface area contributed by atoms with Crippen LogP contribution in [0.1, 0.15) is 23.0 Å². The highest BCUT2D eigenvalue weighted by Crippen LogP contribution is 2.29. The minimum atomic E-state index is -0.464. The summed E-state index contributed by atoms with van der Waals surface area (Å²) in [6.07, 6.45) is 3.54. The fraction of sp³-hybridized carbons (Fsp3) is 0.238. The first-order valence-electron chi connectivity index (χ1n) is 8.90. The highest BCUT2D eigenvalue weighted by molar-refractivity contribution is 5.75. The molecule has 0 radical (unpaired) electrons. The van der Waals surface area contributed by atoms with Gasteiger partial charge in [-0.1, -0.05) is 36.4 Å². The quantitative estimate of drug-likeness (QED) is 0.661. The summed E-state index contributed by atoms with van der Waals surface area (Å²) in [6.45, 7) is 0.342. The molecule has 0 saturated carbocycles. The molecule has 2 amide bonds. The van der Waals surface area contributed by atoms with Gasteiger partial charge in [-0.05, 0) is 12.1 Å². The largest absolute Gasteiger partial charge is 0.496 e. The van der Waals surface area contributed by atoms with Gasteiger partial charge >= 0.3 is 6.03 Å². The second-order valence-electron chi connectivity index (χ2n) is 6.21. The molecule has 0 unspecified atom stereocenters. The molecule has 146 valence electrons. The van der Waals surface area contributed by atoms with E-state index in [1.165, 1.54) is 0 Å². The first kappa shape index (κ1) is 19.3. The summed E-state index contributed by atoms with van der Waals surface area (Å²) in [4.78, 5) is 17.1. The molecular weight excluding hydrogens is 356 g/mol. The molecule has 2 N–H and O–H groups in total. The summed E-state index contributed by atoms with van der Waals surface area (Å²) >= 11 is 0. The van der Waals surface area contributed by atoms with Crippen LogP contribution in [0.5, 0.6) is 11.5 Å². The second kappa shape index (κ2) is 8.94. The number of ether oxygens (including phenoxy) is 2. The highest BCUT2D eigenvalue weighted by Gasteiger charge is 2.23. The van der Waals surface area contributed by atoms with Crippen LogP contribution in [0.25, 0.3) is 0 Å². The SMILES string of the molecule is COc1ccccc1CNC(=O)N[C@@H](c1ccccc1OC)c1nccn1C. The molecule has 28 heavy (non-hydrogen) atoms. The van der Waals surface area contributed by atoms with Gasteiger partial charge < -0.3 is 24.7 Å². The van der Waals surface area contributed by atoms with Crippen LogP contribution in [0.3, 0.4) is 0 Å². The predicted molar refractivity (Wildman–Crippen MR) is 106 cm³/mol. The van der Waals surface area contributed by atoms with E-state index < -0.39 is 6.04 Å². The normalized spacial score (nSPS) is 11.5. The number of hydrogen-bond donors (Lipinski definition) is 2. The Morgan fingerprint density at radius 3 is 2.43 bits per heavy atom. The van der Waals surface area contributed by atoms with Crippen LogP contribution in [-0.4, -0.2) is 29.8 Å². The predicted octanol–water partition coefficient (Wildman–Crippen LogP) is 3.03. The Labute approximate surface area is 164 Å². The van der Waals surface area contributed by atoms with Crippen molar-refractivity contribution in [3.63, 3.8) is 0 Å². The van der Waals surface area contributed by atoms with E-state index >= 15 is 0 Å². The maximum Gasteiger partial charge on any atom is 0.315 e. The molecule has 1 aromatic heterocycles. The number of amides is 2. The zero-order valence-electron chi connectivity index (χ0n) is 16.2. The number of benzene rings is 2. The van der Waals surface area contributed by atoms with Crippen molar-refractivity contribution in [3.05, 3.63) is 77.9 Å². The minimum Gasteiger partial charge on any atom is -0.496 e. The standard InChI is InChI=1S/C21H24N4O3/c1-25-13-12-22-20(25)19(16-9-5-7-11-18(16)28-3)24-21(26)23-14-15-8-4-6-10-17(15)27-2/h4-13,19H,14H2,1-3H3,(H2,23,24,26)/t19-/m0/s1. The molecule has 7 nitrogen and oxygen atoms in total. The fourth-order valence-corrected chi connectivity index (χ4v) is 3.05. The lowest BCUT2D eigenvalue weighted by Crippen LogP contribution is -2.39. The van der Waals surface area contributed by atoms with Crippen LogP contribution in [0, 0.1) is 0 Å². The van der Waals surface area contributed by atoms with E-state index in [1.54, 1.807) is 20.4 Å².